The van der Waals surface area contributed by atoms with E-state index in [0.717, 1.165) is 36.4 Å². The molecule has 0 bridgehead atoms. The number of nitrogens with two attached hydrogens (primary N) is 1. The Hall–Kier alpha value is -1.55. The number of rotatable bonds is 5. The molecule has 4 nitrogen and oxygen atoms in total. The van der Waals surface area contributed by atoms with E-state index in [1.807, 2.05) is 6.92 Å². The van der Waals surface area contributed by atoms with Gasteiger partial charge in [-0.25, -0.2) is 4.98 Å². The summed E-state index contributed by atoms with van der Waals surface area (Å²) in [7, 11) is 2.12. The molecular formula is C14H22N4. The van der Waals surface area contributed by atoms with Crippen molar-refractivity contribution in [3.63, 3.8) is 0 Å². The lowest BCUT2D eigenvalue weighted by molar-refractivity contribution is 0.539. The first-order valence-corrected chi connectivity index (χ1v) is 6.47. The number of hydrogen-bond donors (Lipinski definition) is 2. The van der Waals surface area contributed by atoms with E-state index in [4.69, 9.17) is 5.73 Å². The van der Waals surface area contributed by atoms with Gasteiger partial charge in [0.1, 0.15) is 5.82 Å². The van der Waals surface area contributed by atoms with Crippen LogP contribution in [0.5, 0.6) is 0 Å². The maximum Gasteiger partial charge on any atom is 0.104 e. The topological polar surface area (TPSA) is 57.9 Å². The van der Waals surface area contributed by atoms with E-state index < -0.39 is 0 Å². The van der Waals surface area contributed by atoms with Crippen LogP contribution in [-0.2, 0) is 0 Å². The fraction of sp³-hybridized carbons (Fsp3) is 0.500. The molecule has 0 aliphatic rings. The van der Waals surface area contributed by atoms with Gasteiger partial charge >= 0.3 is 0 Å². The van der Waals surface area contributed by atoms with Crippen molar-refractivity contribution in [2.45, 2.75) is 20.3 Å². The molecule has 1 atom stereocenters. The van der Waals surface area contributed by atoms with Gasteiger partial charge < -0.3 is 15.6 Å². The molecule has 0 saturated carbocycles. The zero-order valence-corrected chi connectivity index (χ0v) is 11.4. The Bertz CT molecular complexity index is 517. The van der Waals surface area contributed by atoms with Gasteiger partial charge in [0.15, 0.2) is 0 Å². The van der Waals surface area contributed by atoms with Crippen LogP contribution in [0.15, 0.2) is 18.2 Å². The fourth-order valence-corrected chi connectivity index (χ4v) is 2.31. The van der Waals surface area contributed by atoms with Gasteiger partial charge in [-0.3, -0.25) is 0 Å². The summed E-state index contributed by atoms with van der Waals surface area (Å²) in [5.41, 5.74) is 8.93. The molecule has 0 fully saturated rings. The molecule has 2 rings (SSSR count). The van der Waals surface area contributed by atoms with E-state index in [0.29, 0.717) is 5.92 Å². The minimum Gasteiger partial charge on any atom is -0.374 e. The highest BCUT2D eigenvalue weighted by Crippen LogP contribution is 2.20. The summed E-state index contributed by atoms with van der Waals surface area (Å²) < 4.78 is 0. The molecule has 4 heteroatoms. The number of aromatic amines is 1. The third kappa shape index (κ3) is 2.82. The Morgan fingerprint density at radius 3 is 2.94 bits per heavy atom. The van der Waals surface area contributed by atoms with Crippen LogP contribution in [0.2, 0.25) is 0 Å². The quantitative estimate of drug-likeness (QED) is 0.851. The van der Waals surface area contributed by atoms with E-state index >= 15 is 0 Å². The van der Waals surface area contributed by atoms with Crippen molar-refractivity contribution >= 4 is 16.7 Å². The van der Waals surface area contributed by atoms with Crippen LogP contribution in [-0.4, -0.2) is 30.1 Å². The summed E-state index contributed by atoms with van der Waals surface area (Å²) in [6.45, 7) is 6.00. The molecule has 0 saturated heterocycles. The Morgan fingerprint density at radius 1 is 1.44 bits per heavy atom. The highest BCUT2D eigenvalue weighted by molar-refractivity contribution is 5.79. The SMILES string of the molecule is Cc1nc2ccc(N(C)CC(C)CCN)cc2[nH]1. The molecule has 1 aromatic carbocycles. The smallest absolute Gasteiger partial charge is 0.104 e. The van der Waals surface area contributed by atoms with Gasteiger partial charge in [-0.2, -0.15) is 0 Å². The van der Waals surface area contributed by atoms with E-state index in [9.17, 15) is 0 Å². The summed E-state index contributed by atoms with van der Waals surface area (Å²) in [5, 5.41) is 0. The van der Waals surface area contributed by atoms with Crippen LogP contribution in [0.1, 0.15) is 19.2 Å². The van der Waals surface area contributed by atoms with Crippen LogP contribution in [0.25, 0.3) is 11.0 Å². The first kappa shape index (κ1) is 12.9. The molecule has 98 valence electrons. The molecule has 1 aromatic heterocycles. The third-order valence-electron chi connectivity index (χ3n) is 3.27. The van der Waals surface area contributed by atoms with Gasteiger partial charge in [-0.15, -0.1) is 0 Å². The molecule has 0 spiro atoms. The Labute approximate surface area is 108 Å². The third-order valence-corrected chi connectivity index (χ3v) is 3.27. The van der Waals surface area contributed by atoms with Crippen molar-refractivity contribution in [1.82, 2.24) is 9.97 Å². The summed E-state index contributed by atoms with van der Waals surface area (Å²) in [6.07, 6.45) is 1.07. The van der Waals surface area contributed by atoms with Crippen LogP contribution in [0, 0.1) is 12.8 Å². The standard InChI is InChI=1S/C14H22N4/c1-10(6-7-15)9-18(3)12-4-5-13-14(8-12)17-11(2)16-13/h4-5,8,10H,6-7,9,15H2,1-3H3,(H,16,17). The molecule has 3 N–H and O–H groups in total. The summed E-state index contributed by atoms with van der Waals surface area (Å²) in [6, 6.07) is 6.35. The number of nitrogens with zero attached hydrogens (tertiary/aromatic N) is 2. The largest absolute Gasteiger partial charge is 0.374 e. The monoisotopic (exact) mass is 246 g/mol. The maximum atomic E-state index is 5.59. The molecule has 0 aliphatic carbocycles. The van der Waals surface area contributed by atoms with Gasteiger partial charge in [0.25, 0.3) is 0 Å². The zero-order valence-electron chi connectivity index (χ0n) is 11.4. The van der Waals surface area contributed by atoms with Crippen LogP contribution >= 0.6 is 0 Å². The summed E-state index contributed by atoms with van der Waals surface area (Å²) >= 11 is 0. The number of imidazole rings is 1. The molecule has 0 aliphatic heterocycles. The van der Waals surface area contributed by atoms with Crippen molar-refractivity contribution in [1.29, 1.82) is 0 Å². The van der Waals surface area contributed by atoms with E-state index in [1.165, 1.54) is 5.69 Å². The minimum absolute atomic E-state index is 0.610. The van der Waals surface area contributed by atoms with Crippen molar-refractivity contribution in [2.24, 2.45) is 11.7 Å². The summed E-state index contributed by atoms with van der Waals surface area (Å²) in [4.78, 5) is 9.96. The normalized spacial score (nSPS) is 12.9. The van der Waals surface area contributed by atoms with Crippen LogP contribution in [0.3, 0.4) is 0 Å². The van der Waals surface area contributed by atoms with Gasteiger partial charge in [0.2, 0.25) is 0 Å². The number of H-pyrrole nitrogens is 1. The number of anilines is 1. The number of aryl methyl sites for hydroxylation is 1. The Balaban J connectivity index is 2.14. The average Bonchev–Trinajstić information content (AvgIpc) is 2.68. The number of hydrogen-bond acceptors (Lipinski definition) is 3. The van der Waals surface area contributed by atoms with Gasteiger partial charge in [0, 0.05) is 19.3 Å². The predicted octanol–water partition coefficient (Wildman–Crippen LogP) is 2.29. The van der Waals surface area contributed by atoms with Crippen molar-refractivity contribution in [2.75, 3.05) is 25.0 Å². The van der Waals surface area contributed by atoms with Gasteiger partial charge in [0.05, 0.1) is 11.0 Å². The second kappa shape index (κ2) is 5.40. The Morgan fingerprint density at radius 2 is 2.22 bits per heavy atom. The average molecular weight is 246 g/mol. The lowest BCUT2D eigenvalue weighted by Gasteiger charge is -2.23. The Kier molecular flexibility index (Phi) is 3.87. The second-order valence-corrected chi connectivity index (χ2v) is 5.09. The van der Waals surface area contributed by atoms with Crippen LogP contribution < -0.4 is 10.6 Å². The van der Waals surface area contributed by atoms with E-state index in [1.54, 1.807) is 0 Å². The number of benzene rings is 1. The highest BCUT2D eigenvalue weighted by atomic mass is 15.1. The molecule has 1 unspecified atom stereocenters. The first-order valence-electron chi connectivity index (χ1n) is 6.47. The van der Waals surface area contributed by atoms with Gasteiger partial charge in [-0.1, -0.05) is 6.92 Å². The van der Waals surface area contributed by atoms with E-state index in [-0.39, 0.29) is 0 Å². The number of fused-ring (bicyclic) bond motifs is 1. The molecule has 2 aromatic rings. The van der Waals surface area contributed by atoms with Crippen molar-refractivity contribution in [3.05, 3.63) is 24.0 Å². The van der Waals surface area contributed by atoms with Crippen LogP contribution in [0.4, 0.5) is 5.69 Å². The number of nitrogens with one attached hydrogen (secondary N) is 1. The molecule has 0 radical (unpaired) electrons. The van der Waals surface area contributed by atoms with Gasteiger partial charge in [-0.05, 0) is 44.0 Å². The molecular weight excluding hydrogens is 224 g/mol. The minimum atomic E-state index is 0.610. The van der Waals surface area contributed by atoms with Crippen molar-refractivity contribution < 1.29 is 0 Å². The van der Waals surface area contributed by atoms with E-state index in [2.05, 4.69) is 47.0 Å². The van der Waals surface area contributed by atoms with Crippen molar-refractivity contribution in [3.8, 4) is 0 Å². The second-order valence-electron chi connectivity index (χ2n) is 5.09. The lowest BCUT2D eigenvalue weighted by atomic mass is 10.1. The number of aromatic nitrogens is 2. The lowest BCUT2D eigenvalue weighted by Crippen LogP contribution is -2.25. The molecule has 18 heavy (non-hydrogen) atoms. The highest BCUT2D eigenvalue weighted by Gasteiger charge is 2.08. The maximum absolute atomic E-state index is 5.59. The molecule has 0 amide bonds. The first-order chi connectivity index (χ1) is 8.60. The predicted molar refractivity (Wildman–Crippen MR) is 76.9 cm³/mol. The molecule has 1 heterocycles. The summed E-state index contributed by atoms with van der Waals surface area (Å²) in [5.74, 6) is 1.57. The fourth-order valence-electron chi connectivity index (χ4n) is 2.31. The zero-order chi connectivity index (χ0) is 13.1.